The summed E-state index contributed by atoms with van der Waals surface area (Å²) in [7, 11) is 5.12. The maximum atomic E-state index is 14.1. The second-order valence-corrected chi connectivity index (χ2v) is 11.4. The molecular weight excluding hydrogens is 562 g/mol. The number of unbranched alkanes of at least 4 members (excludes halogenated alkanes) is 1. The number of rotatable bonds is 13. The highest BCUT2D eigenvalue weighted by Crippen LogP contribution is 2.47. The Kier molecular flexibility index (Phi) is 9.89. The normalized spacial score (nSPS) is 19.1. The number of fused-ring (bicyclic) bond motifs is 1. The summed E-state index contributed by atoms with van der Waals surface area (Å²) >= 11 is 0. The van der Waals surface area contributed by atoms with Gasteiger partial charge in [0.1, 0.15) is 18.5 Å². The van der Waals surface area contributed by atoms with Gasteiger partial charge >= 0.3 is 5.97 Å². The number of likely N-dealkylation sites (tertiary alicyclic amines) is 1. The lowest BCUT2D eigenvalue weighted by Crippen LogP contribution is -2.45. The number of aromatic nitrogens is 1. The fourth-order valence-corrected chi connectivity index (χ4v) is 6.47. The van der Waals surface area contributed by atoms with Crippen LogP contribution in [0.1, 0.15) is 43.2 Å². The molecule has 10 heteroatoms. The van der Waals surface area contributed by atoms with Gasteiger partial charge in [0.25, 0.3) is 0 Å². The van der Waals surface area contributed by atoms with Gasteiger partial charge in [-0.25, -0.2) is 4.57 Å². The maximum absolute atomic E-state index is 14.1. The number of para-hydroxylation sites is 1. The predicted octanol–water partition coefficient (Wildman–Crippen LogP) is 4.19. The Labute approximate surface area is 258 Å². The number of carboxylic acids is 1. The molecule has 44 heavy (non-hydrogen) atoms. The molecule has 3 aromatic rings. The summed E-state index contributed by atoms with van der Waals surface area (Å²) in [5.74, 6) is 0.201. The summed E-state index contributed by atoms with van der Waals surface area (Å²) in [5.41, 5.74) is 2.61. The van der Waals surface area contributed by atoms with Gasteiger partial charge in [0.15, 0.2) is 23.9 Å². The predicted molar refractivity (Wildman–Crippen MR) is 165 cm³/mol. The van der Waals surface area contributed by atoms with Gasteiger partial charge in [-0.3, -0.25) is 14.5 Å². The van der Waals surface area contributed by atoms with Crippen molar-refractivity contribution in [2.24, 2.45) is 13.0 Å². The molecule has 2 aliphatic heterocycles. The standard InChI is InChI=1S/C34H41N3O7/c1-5-6-16-37(25-11-9-15-35(2)19-25)31(38)21-36-20-26(24-17-29(42-4)33-30(18-24)43-22-44-33)32(34(39)40)27(36)14-13-23-10-7-8-12-28(23)41-3/h7-12,15,17-19,26-27,32H,5-6,13-14,16,20-22H2,1-4H3/p+1/t26-,27+,32-/m1/s1. The molecule has 5 rings (SSSR count). The van der Waals surface area contributed by atoms with Crippen LogP contribution in [-0.4, -0.2) is 68.6 Å². The van der Waals surface area contributed by atoms with Crippen molar-refractivity contribution in [1.82, 2.24) is 4.90 Å². The zero-order chi connectivity index (χ0) is 31.2. The van der Waals surface area contributed by atoms with Gasteiger partial charge in [0, 0.05) is 31.1 Å². The number of carbonyl (C=O) groups excluding carboxylic acids is 1. The van der Waals surface area contributed by atoms with Gasteiger partial charge in [-0.15, -0.1) is 0 Å². The number of aryl methyl sites for hydroxylation is 2. The fourth-order valence-electron chi connectivity index (χ4n) is 6.47. The number of hydrogen-bond donors (Lipinski definition) is 1. The van der Waals surface area contributed by atoms with Crippen LogP contribution in [0.15, 0.2) is 60.9 Å². The first-order valence-electron chi connectivity index (χ1n) is 15.2. The highest BCUT2D eigenvalue weighted by atomic mass is 16.7. The third kappa shape index (κ3) is 6.60. The summed E-state index contributed by atoms with van der Waals surface area (Å²) in [5, 5.41) is 10.7. The molecule has 1 amide bonds. The van der Waals surface area contributed by atoms with Crippen LogP contribution >= 0.6 is 0 Å². The molecule has 2 aliphatic rings. The minimum absolute atomic E-state index is 0.0556. The zero-order valence-electron chi connectivity index (χ0n) is 25.9. The summed E-state index contributed by atoms with van der Waals surface area (Å²) in [6, 6.07) is 14.9. The molecular formula is C34H42N3O7+. The number of carbonyl (C=O) groups is 2. The first kappa shape index (κ1) is 31.1. The topological polar surface area (TPSA) is 102 Å². The number of hydrogen-bond acceptors (Lipinski definition) is 7. The van der Waals surface area contributed by atoms with Crippen molar-refractivity contribution in [1.29, 1.82) is 0 Å². The van der Waals surface area contributed by atoms with Gasteiger partial charge in [-0.2, -0.15) is 0 Å². The Bertz CT molecular complexity index is 1480. The van der Waals surface area contributed by atoms with E-state index in [0.29, 0.717) is 43.2 Å². The van der Waals surface area contributed by atoms with Crippen molar-refractivity contribution in [2.45, 2.75) is 44.6 Å². The second kappa shape index (κ2) is 14.0. The van der Waals surface area contributed by atoms with Crippen molar-refractivity contribution in [3.8, 4) is 23.0 Å². The number of anilines is 1. The summed E-state index contributed by atoms with van der Waals surface area (Å²) in [4.78, 5) is 31.0. The lowest BCUT2D eigenvalue weighted by molar-refractivity contribution is -0.670. The van der Waals surface area contributed by atoms with E-state index in [0.717, 1.165) is 35.4 Å². The highest BCUT2D eigenvalue weighted by molar-refractivity contribution is 5.94. The molecule has 2 aromatic carbocycles. The molecule has 1 aromatic heterocycles. The van der Waals surface area contributed by atoms with E-state index in [1.807, 2.05) is 77.4 Å². The average Bonchev–Trinajstić information content (AvgIpc) is 3.64. The van der Waals surface area contributed by atoms with E-state index in [4.69, 9.17) is 18.9 Å². The second-order valence-electron chi connectivity index (χ2n) is 11.4. The number of aliphatic carboxylic acids is 1. The quantitative estimate of drug-likeness (QED) is 0.290. The number of methoxy groups -OCH3 is 2. The largest absolute Gasteiger partial charge is 0.496 e. The molecule has 1 fully saturated rings. The van der Waals surface area contributed by atoms with Gasteiger partial charge in [-0.1, -0.05) is 31.5 Å². The van der Waals surface area contributed by atoms with E-state index >= 15 is 0 Å². The van der Waals surface area contributed by atoms with Crippen LogP contribution in [0.5, 0.6) is 23.0 Å². The van der Waals surface area contributed by atoms with E-state index in [-0.39, 0.29) is 19.2 Å². The zero-order valence-corrected chi connectivity index (χ0v) is 25.9. The lowest BCUT2D eigenvalue weighted by Gasteiger charge is -2.29. The molecule has 0 radical (unpaired) electrons. The third-order valence-electron chi connectivity index (χ3n) is 8.65. The van der Waals surface area contributed by atoms with Gasteiger partial charge < -0.3 is 29.0 Å². The Morgan fingerprint density at radius 1 is 1.09 bits per heavy atom. The molecule has 234 valence electrons. The molecule has 3 heterocycles. The van der Waals surface area contributed by atoms with Crippen LogP contribution in [0, 0.1) is 5.92 Å². The third-order valence-corrected chi connectivity index (χ3v) is 8.65. The number of nitrogens with zero attached hydrogens (tertiary/aromatic N) is 3. The van der Waals surface area contributed by atoms with E-state index in [9.17, 15) is 14.7 Å². The average molecular weight is 605 g/mol. The fraction of sp³-hybridized carbons (Fsp3) is 0.441. The van der Waals surface area contributed by atoms with Gasteiger partial charge in [0.05, 0.1) is 26.7 Å². The molecule has 0 aliphatic carbocycles. The highest BCUT2D eigenvalue weighted by Gasteiger charge is 2.47. The number of amides is 1. The van der Waals surface area contributed by atoms with E-state index in [1.165, 1.54) is 0 Å². The Balaban J connectivity index is 1.49. The molecule has 1 N–H and O–H groups in total. The van der Waals surface area contributed by atoms with Crippen LogP contribution in [0.3, 0.4) is 0 Å². The van der Waals surface area contributed by atoms with E-state index in [2.05, 4.69) is 11.8 Å². The summed E-state index contributed by atoms with van der Waals surface area (Å²) < 4.78 is 24.4. The Morgan fingerprint density at radius 3 is 2.61 bits per heavy atom. The van der Waals surface area contributed by atoms with Crippen molar-refractivity contribution in [2.75, 3.05) is 45.5 Å². The molecule has 0 bridgehead atoms. The van der Waals surface area contributed by atoms with Crippen LogP contribution in [0.25, 0.3) is 0 Å². The van der Waals surface area contributed by atoms with Crippen LogP contribution in [0.2, 0.25) is 0 Å². The monoisotopic (exact) mass is 604 g/mol. The number of benzene rings is 2. The minimum atomic E-state index is -0.899. The summed E-state index contributed by atoms with van der Waals surface area (Å²) in [6.07, 6.45) is 6.83. The van der Waals surface area contributed by atoms with Crippen molar-refractivity contribution in [3.05, 3.63) is 72.1 Å². The Morgan fingerprint density at radius 2 is 1.89 bits per heavy atom. The van der Waals surface area contributed by atoms with Gasteiger partial charge in [0.2, 0.25) is 18.4 Å². The smallest absolute Gasteiger partial charge is 0.308 e. The van der Waals surface area contributed by atoms with Crippen LogP contribution in [-0.2, 0) is 23.1 Å². The first-order valence-corrected chi connectivity index (χ1v) is 15.2. The van der Waals surface area contributed by atoms with Crippen molar-refractivity contribution in [3.63, 3.8) is 0 Å². The van der Waals surface area contributed by atoms with Crippen molar-refractivity contribution < 1.29 is 38.2 Å². The minimum Gasteiger partial charge on any atom is -0.496 e. The maximum Gasteiger partial charge on any atom is 0.308 e. The van der Waals surface area contributed by atoms with Gasteiger partial charge in [-0.05, 0) is 54.7 Å². The number of carboxylic acid groups (broad SMARTS) is 1. The number of ether oxygens (including phenoxy) is 4. The van der Waals surface area contributed by atoms with Crippen molar-refractivity contribution >= 4 is 17.6 Å². The molecule has 10 nitrogen and oxygen atoms in total. The SMILES string of the molecule is CCCCN(C(=O)CN1C[C@H](c2cc(OC)c3c(c2)OCO3)[C@@H](C(=O)O)[C@@H]1CCc1ccccc1OC)c1ccc[n+](C)c1. The lowest BCUT2D eigenvalue weighted by atomic mass is 9.83. The van der Waals surface area contributed by atoms with Crippen LogP contribution in [0.4, 0.5) is 5.69 Å². The Hall–Kier alpha value is -4.31. The molecule has 0 saturated carbocycles. The molecule has 0 spiro atoms. The van der Waals surface area contributed by atoms with E-state index in [1.54, 1.807) is 14.2 Å². The molecule has 1 saturated heterocycles. The first-order chi connectivity index (χ1) is 21.3. The molecule has 0 unspecified atom stereocenters. The number of pyridine rings is 1. The summed E-state index contributed by atoms with van der Waals surface area (Å²) in [6.45, 7) is 3.26. The van der Waals surface area contributed by atoms with Crippen LogP contribution < -0.4 is 28.4 Å². The van der Waals surface area contributed by atoms with E-state index < -0.39 is 23.8 Å². The molecule has 3 atom stereocenters.